The Hall–Kier alpha value is -1.98. The van der Waals surface area contributed by atoms with Crippen molar-refractivity contribution >= 4 is 17.5 Å². The molecule has 0 spiro atoms. The van der Waals surface area contributed by atoms with E-state index in [1.165, 1.54) is 6.07 Å². The summed E-state index contributed by atoms with van der Waals surface area (Å²) in [5.41, 5.74) is 4.94. The normalized spacial score (nSPS) is 9.33. The van der Waals surface area contributed by atoms with Crippen molar-refractivity contribution in [2.45, 2.75) is 0 Å². The third kappa shape index (κ3) is 1.36. The number of carbonyl (C=O) groups is 1. The van der Waals surface area contributed by atoms with Crippen LogP contribution in [0.15, 0.2) is 17.3 Å². The fraction of sp³-hybridized carbons (Fsp3) is 0. The van der Waals surface area contributed by atoms with Gasteiger partial charge in [0.2, 0.25) is 0 Å². The Kier molecular flexibility index (Phi) is 2.00. The van der Waals surface area contributed by atoms with E-state index >= 15 is 0 Å². The first-order valence-corrected chi connectivity index (χ1v) is 2.98. The molecule has 0 bridgehead atoms. The van der Waals surface area contributed by atoms with Gasteiger partial charge in [0.15, 0.2) is 11.5 Å². The van der Waals surface area contributed by atoms with Crippen LogP contribution in [0.1, 0.15) is 10.5 Å². The number of carboxylic acids is 1. The minimum Gasteiger partial charge on any atom is -0.477 e. The summed E-state index contributed by atoms with van der Waals surface area (Å²) < 4.78 is 0. The van der Waals surface area contributed by atoms with Crippen molar-refractivity contribution in [3.8, 4) is 0 Å². The second kappa shape index (κ2) is 2.95. The molecule has 1 rings (SSSR count). The summed E-state index contributed by atoms with van der Waals surface area (Å²) in [5.74, 6) is -1.37. The molecule has 0 amide bonds. The molecule has 0 aromatic carbocycles. The molecule has 1 aromatic rings. The highest BCUT2D eigenvalue weighted by atomic mass is 16.4. The molecule has 12 heavy (non-hydrogen) atoms. The molecule has 0 atom stereocenters. The van der Waals surface area contributed by atoms with Gasteiger partial charge in [-0.15, -0.1) is 4.91 Å². The van der Waals surface area contributed by atoms with E-state index in [1.807, 2.05) is 0 Å². The molecule has 0 aliphatic rings. The molecule has 1 aromatic heterocycles. The first-order valence-electron chi connectivity index (χ1n) is 2.98. The number of carboxylic acid groups (broad SMARTS) is 1. The highest BCUT2D eigenvalue weighted by Crippen LogP contribution is 2.18. The molecule has 0 saturated heterocycles. The number of aromatic nitrogens is 1. The van der Waals surface area contributed by atoms with Crippen LogP contribution in [-0.2, 0) is 0 Å². The third-order valence-electron chi connectivity index (χ3n) is 1.22. The molecule has 6 heteroatoms. The number of rotatable bonds is 2. The van der Waals surface area contributed by atoms with E-state index < -0.39 is 5.97 Å². The SMILES string of the molecule is Nc1nc(C(=O)O)ccc1N=O. The molecule has 3 N–H and O–H groups in total. The fourth-order valence-corrected chi connectivity index (χ4v) is 0.664. The Morgan fingerprint density at radius 3 is 2.67 bits per heavy atom. The molecule has 0 fully saturated rings. The van der Waals surface area contributed by atoms with E-state index in [1.54, 1.807) is 0 Å². The predicted octanol–water partition coefficient (Wildman–Crippen LogP) is 0.760. The van der Waals surface area contributed by atoms with Crippen LogP contribution in [0.4, 0.5) is 11.5 Å². The quantitative estimate of drug-likeness (QED) is 0.632. The van der Waals surface area contributed by atoms with E-state index in [9.17, 15) is 9.70 Å². The van der Waals surface area contributed by atoms with Crippen LogP contribution in [0, 0.1) is 4.91 Å². The number of nitroso groups, excluding NO2 is 1. The van der Waals surface area contributed by atoms with Crippen molar-refractivity contribution in [2.75, 3.05) is 5.73 Å². The molecule has 1 heterocycles. The minimum atomic E-state index is -1.20. The van der Waals surface area contributed by atoms with Crippen molar-refractivity contribution in [3.05, 3.63) is 22.7 Å². The number of nitrogen functional groups attached to an aromatic ring is 1. The summed E-state index contributed by atoms with van der Waals surface area (Å²) in [6, 6.07) is 2.37. The lowest BCUT2D eigenvalue weighted by Gasteiger charge is -1.96. The topological polar surface area (TPSA) is 106 Å². The van der Waals surface area contributed by atoms with Gasteiger partial charge in [-0.2, -0.15) is 0 Å². The summed E-state index contributed by atoms with van der Waals surface area (Å²) in [5, 5.41) is 11.0. The van der Waals surface area contributed by atoms with E-state index in [0.717, 1.165) is 6.07 Å². The van der Waals surface area contributed by atoms with Gasteiger partial charge in [0.25, 0.3) is 0 Å². The van der Waals surface area contributed by atoms with E-state index in [2.05, 4.69) is 10.2 Å². The lowest BCUT2D eigenvalue weighted by molar-refractivity contribution is 0.0690. The van der Waals surface area contributed by atoms with Gasteiger partial charge in [0.05, 0.1) is 0 Å². The Labute approximate surface area is 67.0 Å². The van der Waals surface area contributed by atoms with Crippen LogP contribution in [0.5, 0.6) is 0 Å². The molecule has 0 aliphatic carbocycles. The van der Waals surface area contributed by atoms with E-state index in [4.69, 9.17) is 10.8 Å². The summed E-state index contributed by atoms with van der Waals surface area (Å²) >= 11 is 0. The van der Waals surface area contributed by atoms with Gasteiger partial charge >= 0.3 is 5.97 Å². The van der Waals surface area contributed by atoms with Crippen LogP contribution in [-0.4, -0.2) is 16.1 Å². The van der Waals surface area contributed by atoms with Gasteiger partial charge in [0, 0.05) is 0 Å². The van der Waals surface area contributed by atoms with Gasteiger partial charge in [-0.25, -0.2) is 9.78 Å². The van der Waals surface area contributed by atoms with E-state index in [0.29, 0.717) is 0 Å². The van der Waals surface area contributed by atoms with Crippen molar-refractivity contribution < 1.29 is 9.90 Å². The maximum atomic E-state index is 10.3. The van der Waals surface area contributed by atoms with Gasteiger partial charge in [0.1, 0.15) is 5.69 Å². The molecular formula is C6H5N3O3. The Bertz CT molecular complexity index is 337. The smallest absolute Gasteiger partial charge is 0.354 e. The van der Waals surface area contributed by atoms with Crippen LogP contribution in [0.25, 0.3) is 0 Å². The van der Waals surface area contributed by atoms with Crippen molar-refractivity contribution in [3.63, 3.8) is 0 Å². The van der Waals surface area contributed by atoms with Crippen molar-refractivity contribution in [2.24, 2.45) is 5.18 Å². The van der Waals surface area contributed by atoms with Gasteiger partial charge in [-0.1, -0.05) is 0 Å². The van der Waals surface area contributed by atoms with Crippen LogP contribution in [0.2, 0.25) is 0 Å². The number of pyridine rings is 1. The fourth-order valence-electron chi connectivity index (χ4n) is 0.664. The average molecular weight is 167 g/mol. The Balaban J connectivity index is 3.18. The van der Waals surface area contributed by atoms with Crippen LogP contribution < -0.4 is 5.73 Å². The largest absolute Gasteiger partial charge is 0.477 e. The minimum absolute atomic E-state index is 0.0556. The zero-order valence-corrected chi connectivity index (χ0v) is 5.89. The number of nitrogens with zero attached hydrogens (tertiary/aromatic N) is 2. The Morgan fingerprint density at radius 2 is 2.25 bits per heavy atom. The van der Waals surface area contributed by atoms with E-state index in [-0.39, 0.29) is 17.2 Å². The maximum Gasteiger partial charge on any atom is 0.354 e. The summed E-state index contributed by atoms with van der Waals surface area (Å²) in [6.07, 6.45) is 0. The zero-order chi connectivity index (χ0) is 9.14. The van der Waals surface area contributed by atoms with Crippen LogP contribution >= 0.6 is 0 Å². The van der Waals surface area contributed by atoms with Crippen molar-refractivity contribution in [1.82, 2.24) is 4.98 Å². The first kappa shape index (κ1) is 8.12. The Morgan fingerprint density at radius 1 is 1.58 bits per heavy atom. The lowest BCUT2D eigenvalue weighted by atomic mass is 10.3. The second-order valence-corrected chi connectivity index (χ2v) is 2.00. The molecule has 0 unspecified atom stereocenters. The molecule has 62 valence electrons. The number of aromatic carboxylic acids is 1. The highest BCUT2D eigenvalue weighted by molar-refractivity contribution is 5.86. The average Bonchev–Trinajstić information content (AvgIpc) is 2.04. The number of hydrogen-bond acceptors (Lipinski definition) is 5. The number of nitrogens with two attached hydrogens (primary N) is 1. The molecule has 0 radical (unpaired) electrons. The standard InChI is InChI=1S/C6H5N3O3/c7-5-3(9-12)1-2-4(8-5)6(10)11/h1-2H,(H2,7,8)(H,10,11). The van der Waals surface area contributed by atoms with Gasteiger partial charge < -0.3 is 10.8 Å². The molecule has 0 saturated carbocycles. The lowest BCUT2D eigenvalue weighted by Crippen LogP contribution is -2.02. The summed E-state index contributed by atoms with van der Waals surface area (Å²) in [4.78, 5) is 23.7. The molecule has 0 aliphatic heterocycles. The van der Waals surface area contributed by atoms with Crippen LogP contribution in [0.3, 0.4) is 0 Å². The number of hydrogen-bond donors (Lipinski definition) is 2. The second-order valence-electron chi connectivity index (χ2n) is 2.00. The summed E-state index contributed by atoms with van der Waals surface area (Å²) in [6.45, 7) is 0. The van der Waals surface area contributed by atoms with Gasteiger partial charge in [-0.05, 0) is 17.3 Å². The molecular weight excluding hydrogens is 162 g/mol. The van der Waals surface area contributed by atoms with Crippen molar-refractivity contribution in [1.29, 1.82) is 0 Å². The summed E-state index contributed by atoms with van der Waals surface area (Å²) in [7, 11) is 0. The monoisotopic (exact) mass is 167 g/mol. The maximum absolute atomic E-state index is 10.3. The first-order chi connectivity index (χ1) is 5.65. The van der Waals surface area contributed by atoms with Gasteiger partial charge in [-0.3, -0.25) is 0 Å². The predicted molar refractivity (Wildman–Crippen MR) is 41.1 cm³/mol. The molecule has 6 nitrogen and oxygen atoms in total. The number of anilines is 1. The zero-order valence-electron chi connectivity index (χ0n) is 5.89. The highest BCUT2D eigenvalue weighted by Gasteiger charge is 2.07. The third-order valence-corrected chi connectivity index (χ3v) is 1.22.